The molecule has 1 aromatic rings. The van der Waals surface area contributed by atoms with Crippen molar-refractivity contribution in [1.29, 1.82) is 0 Å². The fourth-order valence-corrected chi connectivity index (χ4v) is 2.32. The topological polar surface area (TPSA) is 37.3 Å². The summed E-state index contributed by atoms with van der Waals surface area (Å²) in [5.41, 5.74) is 0.747. The van der Waals surface area contributed by atoms with Gasteiger partial charge in [0, 0.05) is 5.92 Å². The van der Waals surface area contributed by atoms with Crippen LogP contribution in [0.3, 0.4) is 0 Å². The lowest BCUT2D eigenvalue weighted by atomic mass is 9.80. The molecule has 0 spiro atoms. The Morgan fingerprint density at radius 3 is 2.29 bits per heavy atom. The summed E-state index contributed by atoms with van der Waals surface area (Å²) in [6.45, 7) is 2.74. The normalized spacial score (nSPS) is 16.6. The third kappa shape index (κ3) is 4.92. The molecule has 0 aromatic heterocycles. The third-order valence-corrected chi connectivity index (χ3v) is 3.60. The van der Waals surface area contributed by atoms with Crippen LogP contribution in [-0.4, -0.2) is 17.3 Å². The first-order valence-electron chi connectivity index (χ1n) is 6.80. The Balaban J connectivity index is 3.08. The molecule has 0 unspecified atom stereocenters. The van der Waals surface area contributed by atoms with Gasteiger partial charge < -0.3 is 5.11 Å². The molecule has 0 saturated heterocycles. The molecule has 0 heterocycles. The van der Waals surface area contributed by atoms with Gasteiger partial charge in [-0.2, -0.15) is 13.2 Å². The molecule has 3 atom stereocenters. The van der Waals surface area contributed by atoms with Crippen molar-refractivity contribution < 1.29 is 23.1 Å². The van der Waals surface area contributed by atoms with Gasteiger partial charge in [-0.15, -0.1) is 0 Å². The number of hydrogen-bond acceptors (Lipinski definition) is 1. The summed E-state index contributed by atoms with van der Waals surface area (Å²) in [5.74, 6) is -5.08. The molecule has 116 valence electrons. The molecule has 21 heavy (non-hydrogen) atoms. The number of alkyl halides is 3. The van der Waals surface area contributed by atoms with Crippen molar-refractivity contribution in [1.82, 2.24) is 0 Å². The maximum absolute atomic E-state index is 13.1. The Morgan fingerprint density at radius 2 is 1.86 bits per heavy atom. The lowest BCUT2D eigenvalue weighted by molar-refractivity contribution is -0.191. The number of hydrogen-bond donors (Lipinski definition) is 1. The Bertz CT molecular complexity index is 480. The lowest BCUT2D eigenvalue weighted by Gasteiger charge is -2.28. The molecule has 0 saturated carbocycles. The van der Waals surface area contributed by atoms with Crippen LogP contribution in [0.15, 0.2) is 36.4 Å². The van der Waals surface area contributed by atoms with Gasteiger partial charge in [0.2, 0.25) is 0 Å². The zero-order valence-electron chi connectivity index (χ0n) is 12.0. The number of rotatable bonds is 6. The Hall–Kier alpha value is -1.78. The highest BCUT2D eigenvalue weighted by atomic mass is 19.4. The summed E-state index contributed by atoms with van der Waals surface area (Å²) in [4.78, 5) is 11.1. The SMILES string of the molecule is CC[C@@H]([C@H](/C=C/c1ccccc1)[C@H](C)C(=O)O)C(F)(F)F. The van der Waals surface area contributed by atoms with Crippen LogP contribution >= 0.6 is 0 Å². The van der Waals surface area contributed by atoms with Crippen LogP contribution in [0.2, 0.25) is 0 Å². The minimum Gasteiger partial charge on any atom is -0.481 e. The molecule has 0 aliphatic rings. The molecule has 0 aliphatic heterocycles. The first-order chi connectivity index (χ1) is 9.77. The molecule has 1 N–H and O–H groups in total. The molecule has 0 bridgehead atoms. The minimum atomic E-state index is -4.41. The van der Waals surface area contributed by atoms with Crippen molar-refractivity contribution in [2.45, 2.75) is 26.4 Å². The second-order valence-electron chi connectivity index (χ2n) is 5.03. The number of carbonyl (C=O) groups is 1. The van der Waals surface area contributed by atoms with Crippen LogP contribution in [0, 0.1) is 17.8 Å². The number of carboxylic acid groups (broad SMARTS) is 1. The van der Waals surface area contributed by atoms with Crippen molar-refractivity contribution in [3.05, 3.63) is 42.0 Å². The average molecular weight is 300 g/mol. The van der Waals surface area contributed by atoms with Crippen LogP contribution in [0.4, 0.5) is 13.2 Å². The van der Waals surface area contributed by atoms with E-state index in [0.29, 0.717) is 0 Å². The summed E-state index contributed by atoms with van der Waals surface area (Å²) in [6.07, 6.45) is -1.64. The zero-order valence-corrected chi connectivity index (χ0v) is 12.0. The van der Waals surface area contributed by atoms with Gasteiger partial charge in [0.1, 0.15) is 0 Å². The van der Waals surface area contributed by atoms with E-state index in [1.54, 1.807) is 36.4 Å². The summed E-state index contributed by atoms with van der Waals surface area (Å²) >= 11 is 0. The third-order valence-electron chi connectivity index (χ3n) is 3.60. The highest BCUT2D eigenvalue weighted by Crippen LogP contribution is 2.39. The quantitative estimate of drug-likeness (QED) is 0.832. The molecule has 1 rings (SSSR count). The van der Waals surface area contributed by atoms with Gasteiger partial charge in [0.25, 0.3) is 0 Å². The van der Waals surface area contributed by atoms with Crippen LogP contribution < -0.4 is 0 Å². The largest absolute Gasteiger partial charge is 0.481 e. The van der Waals surface area contributed by atoms with Crippen molar-refractivity contribution in [3.63, 3.8) is 0 Å². The second kappa shape index (κ2) is 7.29. The highest BCUT2D eigenvalue weighted by molar-refractivity contribution is 5.70. The summed E-state index contributed by atoms with van der Waals surface area (Å²) in [5, 5.41) is 9.06. The van der Waals surface area contributed by atoms with Gasteiger partial charge in [-0.3, -0.25) is 4.79 Å². The van der Waals surface area contributed by atoms with Crippen molar-refractivity contribution in [2.75, 3.05) is 0 Å². The summed E-state index contributed by atoms with van der Waals surface area (Å²) in [7, 11) is 0. The maximum atomic E-state index is 13.1. The van der Waals surface area contributed by atoms with Gasteiger partial charge in [-0.05, 0) is 12.0 Å². The molecular formula is C16H19F3O2. The first-order valence-corrected chi connectivity index (χ1v) is 6.80. The highest BCUT2D eigenvalue weighted by Gasteiger charge is 2.45. The van der Waals surface area contributed by atoms with E-state index in [0.717, 1.165) is 5.56 Å². The van der Waals surface area contributed by atoms with E-state index in [1.165, 1.54) is 19.9 Å². The smallest absolute Gasteiger partial charge is 0.392 e. The Labute approximate surface area is 122 Å². The number of carboxylic acids is 1. The molecule has 0 fully saturated rings. The maximum Gasteiger partial charge on any atom is 0.392 e. The molecule has 2 nitrogen and oxygen atoms in total. The average Bonchev–Trinajstić information content (AvgIpc) is 2.42. The monoisotopic (exact) mass is 300 g/mol. The molecule has 1 aromatic carbocycles. The second-order valence-corrected chi connectivity index (χ2v) is 5.03. The van der Waals surface area contributed by atoms with Gasteiger partial charge in [0.15, 0.2) is 0 Å². The van der Waals surface area contributed by atoms with Crippen LogP contribution in [0.25, 0.3) is 6.08 Å². The number of allylic oxidation sites excluding steroid dienone is 1. The predicted molar refractivity (Wildman–Crippen MR) is 75.6 cm³/mol. The summed E-state index contributed by atoms with van der Waals surface area (Å²) in [6, 6.07) is 8.87. The van der Waals surface area contributed by atoms with Crippen LogP contribution in [0.5, 0.6) is 0 Å². The molecular weight excluding hydrogens is 281 g/mol. The predicted octanol–water partition coefficient (Wildman–Crippen LogP) is 4.63. The van der Waals surface area contributed by atoms with E-state index in [2.05, 4.69) is 0 Å². The fourth-order valence-electron chi connectivity index (χ4n) is 2.32. The van der Waals surface area contributed by atoms with Gasteiger partial charge in [-0.1, -0.05) is 56.3 Å². The molecule has 0 radical (unpaired) electrons. The van der Waals surface area contributed by atoms with Crippen LogP contribution in [0.1, 0.15) is 25.8 Å². The Kier molecular flexibility index (Phi) is 6.00. The van der Waals surface area contributed by atoms with Gasteiger partial charge in [-0.25, -0.2) is 0 Å². The van der Waals surface area contributed by atoms with Gasteiger partial charge >= 0.3 is 12.1 Å². The van der Waals surface area contributed by atoms with Gasteiger partial charge in [0.05, 0.1) is 11.8 Å². The van der Waals surface area contributed by atoms with Crippen molar-refractivity contribution in [2.24, 2.45) is 17.8 Å². The zero-order chi connectivity index (χ0) is 16.0. The van der Waals surface area contributed by atoms with E-state index in [9.17, 15) is 18.0 Å². The Morgan fingerprint density at radius 1 is 1.29 bits per heavy atom. The first kappa shape index (κ1) is 17.3. The van der Waals surface area contributed by atoms with E-state index in [1.807, 2.05) is 0 Å². The molecule has 5 heteroatoms. The van der Waals surface area contributed by atoms with Crippen molar-refractivity contribution in [3.8, 4) is 0 Å². The molecule has 0 amide bonds. The van der Waals surface area contributed by atoms with E-state index < -0.39 is 29.9 Å². The summed E-state index contributed by atoms with van der Waals surface area (Å²) < 4.78 is 39.3. The van der Waals surface area contributed by atoms with E-state index >= 15 is 0 Å². The van der Waals surface area contributed by atoms with E-state index in [-0.39, 0.29) is 6.42 Å². The number of aliphatic carboxylic acids is 1. The van der Waals surface area contributed by atoms with E-state index in [4.69, 9.17) is 5.11 Å². The standard InChI is InChI=1S/C16H19F3O2/c1-3-14(16(17,18)19)13(11(2)15(20)21)10-9-12-7-5-4-6-8-12/h4-11,13-14H,3H2,1-2H3,(H,20,21)/b10-9+/t11-,13+,14-/m0/s1. The van der Waals surface area contributed by atoms with Crippen LogP contribution in [-0.2, 0) is 4.79 Å². The number of halogens is 3. The molecule has 0 aliphatic carbocycles. The number of benzene rings is 1. The minimum absolute atomic E-state index is 0.148. The fraction of sp³-hybridized carbons (Fsp3) is 0.438. The lowest BCUT2D eigenvalue weighted by Crippen LogP contribution is -2.35. The van der Waals surface area contributed by atoms with Crippen molar-refractivity contribution >= 4 is 12.0 Å².